The summed E-state index contributed by atoms with van der Waals surface area (Å²) in [5.41, 5.74) is 0. The van der Waals surface area contributed by atoms with Crippen molar-refractivity contribution in [3.05, 3.63) is 0 Å². The number of Topliss-reactive ketones (excluding diaryl/α,β-unsaturated/α-hetero) is 1. The number of hydrogen-bond acceptors (Lipinski definition) is 2. The van der Waals surface area contributed by atoms with E-state index in [1.54, 1.807) is 0 Å². The topological polar surface area (TPSA) is 26.3 Å². The Hall–Kier alpha value is -0.810. The Bertz CT molecular complexity index is 209. The molecule has 0 heterocycles. The summed E-state index contributed by atoms with van der Waals surface area (Å²) in [6, 6.07) is 0. The maximum Gasteiger partial charge on any atom is 0.145 e. The number of terminal acetylenes is 1. The van der Waals surface area contributed by atoms with Crippen molar-refractivity contribution >= 4 is 5.78 Å². The average molecular weight is 180 g/mol. The summed E-state index contributed by atoms with van der Waals surface area (Å²) in [5, 5.41) is 0. The van der Waals surface area contributed by atoms with Gasteiger partial charge in [-0.3, -0.25) is 4.79 Å². The van der Waals surface area contributed by atoms with E-state index in [1.165, 1.54) is 0 Å². The highest BCUT2D eigenvalue weighted by molar-refractivity contribution is 5.80. The molecule has 1 rings (SSSR count). The van der Waals surface area contributed by atoms with Gasteiger partial charge >= 0.3 is 0 Å². The van der Waals surface area contributed by atoms with Crippen molar-refractivity contribution in [2.45, 2.75) is 38.7 Å². The minimum Gasteiger partial charge on any atom is -0.378 e. The van der Waals surface area contributed by atoms with Gasteiger partial charge in [0.25, 0.3) is 0 Å². The summed E-state index contributed by atoms with van der Waals surface area (Å²) in [5.74, 6) is 3.10. The van der Waals surface area contributed by atoms with Crippen LogP contribution in [0.4, 0.5) is 0 Å². The molecular weight excluding hydrogens is 164 g/mol. The van der Waals surface area contributed by atoms with Crippen LogP contribution in [0.3, 0.4) is 0 Å². The van der Waals surface area contributed by atoms with Gasteiger partial charge in [-0.15, -0.1) is 6.42 Å². The Morgan fingerprint density at radius 2 is 2.31 bits per heavy atom. The molecule has 0 saturated heterocycles. The first-order chi connectivity index (χ1) is 6.26. The van der Waals surface area contributed by atoms with Crippen LogP contribution in [-0.4, -0.2) is 18.5 Å². The van der Waals surface area contributed by atoms with E-state index < -0.39 is 0 Å². The van der Waals surface area contributed by atoms with Gasteiger partial charge in [0, 0.05) is 13.0 Å². The number of hydrogen-bond donors (Lipinski definition) is 0. The number of carbonyl (C=O) groups excluding carboxylic acids is 1. The fourth-order valence-electron chi connectivity index (χ4n) is 1.72. The molecule has 0 atom stereocenters. The summed E-state index contributed by atoms with van der Waals surface area (Å²) >= 11 is 0. The molecule has 0 aromatic rings. The fourth-order valence-corrected chi connectivity index (χ4v) is 1.72. The van der Waals surface area contributed by atoms with Crippen LogP contribution in [0.2, 0.25) is 0 Å². The SMILES string of the molecule is C#CCC(=O)CC1CC(OCC)C1. The maximum absolute atomic E-state index is 11.1. The van der Waals surface area contributed by atoms with Crippen molar-refractivity contribution < 1.29 is 9.53 Å². The van der Waals surface area contributed by atoms with Gasteiger partial charge < -0.3 is 4.74 Å². The lowest BCUT2D eigenvalue weighted by molar-refractivity contribution is -0.121. The lowest BCUT2D eigenvalue weighted by atomic mass is 9.79. The van der Waals surface area contributed by atoms with Crippen molar-refractivity contribution in [1.29, 1.82) is 0 Å². The molecule has 0 bridgehead atoms. The lowest BCUT2D eigenvalue weighted by Gasteiger charge is -2.34. The van der Waals surface area contributed by atoms with Gasteiger partial charge in [-0.25, -0.2) is 0 Å². The van der Waals surface area contributed by atoms with Gasteiger partial charge in [-0.05, 0) is 25.7 Å². The first kappa shape index (κ1) is 10.3. The predicted octanol–water partition coefficient (Wildman–Crippen LogP) is 1.78. The smallest absolute Gasteiger partial charge is 0.145 e. The molecule has 0 amide bonds. The number of ether oxygens (including phenoxy) is 1. The minimum atomic E-state index is 0.197. The second-order valence-electron chi connectivity index (χ2n) is 3.54. The van der Waals surface area contributed by atoms with Gasteiger partial charge in [0.15, 0.2) is 0 Å². The molecule has 0 unspecified atom stereocenters. The summed E-state index contributed by atoms with van der Waals surface area (Å²) in [6.45, 7) is 2.77. The van der Waals surface area contributed by atoms with Crippen LogP contribution < -0.4 is 0 Å². The Morgan fingerprint density at radius 3 is 2.85 bits per heavy atom. The normalized spacial score (nSPS) is 26.2. The second kappa shape index (κ2) is 5.04. The molecule has 13 heavy (non-hydrogen) atoms. The van der Waals surface area contributed by atoms with E-state index in [0.29, 0.717) is 18.4 Å². The molecule has 0 aromatic carbocycles. The predicted molar refractivity (Wildman–Crippen MR) is 51.2 cm³/mol. The number of carbonyl (C=O) groups is 1. The van der Waals surface area contributed by atoms with E-state index in [-0.39, 0.29) is 12.2 Å². The van der Waals surface area contributed by atoms with Crippen LogP contribution in [0.5, 0.6) is 0 Å². The summed E-state index contributed by atoms with van der Waals surface area (Å²) in [7, 11) is 0. The first-order valence-corrected chi connectivity index (χ1v) is 4.83. The van der Waals surface area contributed by atoms with Crippen LogP contribution in [0.25, 0.3) is 0 Å². The maximum atomic E-state index is 11.1. The Kier molecular flexibility index (Phi) is 3.98. The Balaban J connectivity index is 2.08. The monoisotopic (exact) mass is 180 g/mol. The van der Waals surface area contributed by atoms with Gasteiger partial charge in [-0.2, -0.15) is 0 Å². The standard InChI is InChI=1S/C11H16O2/c1-3-5-10(12)6-9-7-11(8-9)13-4-2/h1,9,11H,4-8H2,2H3. The zero-order valence-corrected chi connectivity index (χ0v) is 8.08. The summed E-state index contributed by atoms with van der Waals surface area (Å²) < 4.78 is 5.40. The van der Waals surface area contributed by atoms with Crippen LogP contribution in [0.1, 0.15) is 32.6 Å². The van der Waals surface area contributed by atoms with Gasteiger partial charge in [0.05, 0.1) is 12.5 Å². The van der Waals surface area contributed by atoms with Crippen molar-refractivity contribution in [3.8, 4) is 12.3 Å². The molecule has 72 valence electrons. The van der Waals surface area contributed by atoms with Crippen molar-refractivity contribution in [2.75, 3.05) is 6.61 Å². The van der Waals surface area contributed by atoms with Gasteiger partial charge in [0.2, 0.25) is 0 Å². The van der Waals surface area contributed by atoms with Crippen LogP contribution in [0, 0.1) is 18.3 Å². The highest BCUT2D eigenvalue weighted by Gasteiger charge is 2.30. The Labute approximate surface area is 79.7 Å². The van der Waals surface area contributed by atoms with Crippen molar-refractivity contribution in [2.24, 2.45) is 5.92 Å². The molecule has 0 aromatic heterocycles. The van der Waals surface area contributed by atoms with Crippen LogP contribution in [-0.2, 0) is 9.53 Å². The lowest BCUT2D eigenvalue weighted by Crippen LogP contribution is -2.32. The van der Waals surface area contributed by atoms with E-state index in [4.69, 9.17) is 11.2 Å². The van der Waals surface area contributed by atoms with E-state index in [1.807, 2.05) is 6.92 Å². The average Bonchev–Trinajstić information content (AvgIpc) is 2.01. The molecule has 1 saturated carbocycles. The highest BCUT2D eigenvalue weighted by atomic mass is 16.5. The molecule has 0 N–H and O–H groups in total. The quantitative estimate of drug-likeness (QED) is 0.603. The molecular formula is C11H16O2. The third-order valence-corrected chi connectivity index (χ3v) is 2.41. The molecule has 0 spiro atoms. The zero-order valence-electron chi connectivity index (χ0n) is 8.08. The molecule has 1 fully saturated rings. The summed E-state index contributed by atoms with van der Waals surface area (Å²) in [6.07, 6.45) is 8.44. The molecule has 1 aliphatic rings. The van der Waals surface area contributed by atoms with Crippen molar-refractivity contribution in [3.63, 3.8) is 0 Å². The highest BCUT2D eigenvalue weighted by Crippen LogP contribution is 2.32. The second-order valence-corrected chi connectivity index (χ2v) is 3.54. The van der Waals surface area contributed by atoms with E-state index >= 15 is 0 Å². The molecule has 1 aliphatic carbocycles. The van der Waals surface area contributed by atoms with Gasteiger partial charge in [-0.1, -0.05) is 5.92 Å². The van der Waals surface area contributed by atoms with E-state index in [2.05, 4.69) is 5.92 Å². The number of rotatable bonds is 5. The fraction of sp³-hybridized carbons (Fsp3) is 0.727. The van der Waals surface area contributed by atoms with E-state index in [9.17, 15) is 4.79 Å². The van der Waals surface area contributed by atoms with E-state index in [0.717, 1.165) is 19.4 Å². The summed E-state index contributed by atoms with van der Waals surface area (Å²) in [4.78, 5) is 11.1. The number of ketones is 1. The molecule has 0 radical (unpaired) electrons. The van der Waals surface area contributed by atoms with Crippen LogP contribution in [0.15, 0.2) is 0 Å². The molecule has 2 nitrogen and oxygen atoms in total. The van der Waals surface area contributed by atoms with Gasteiger partial charge in [0.1, 0.15) is 5.78 Å². The Morgan fingerprint density at radius 1 is 1.62 bits per heavy atom. The zero-order chi connectivity index (χ0) is 9.68. The van der Waals surface area contributed by atoms with Crippen LogP contribution >= 0.6 is 0 Å². The minimum absolute atomic E-state index is 0.197. The molecule has 2 heteroatoms. The largest absolute Gasteiger partial charge is 0.378 e. The first-order valence-electron chi connectivity index (χ1n) is 4.83. The third kappa shape index (κ3) is 3.20. The molecule has 0 aliphatic heterocycles. The third-order valence-electron chi connectivity index (χ3n) is 2.41. The van der Waals surface area contributed by atoms with Crippen molar-refractivity contribution in [1.82, 2.24) is 0 Å².